The van der Waals surface area contributed by atoms with E-state index in [2.05, 4.69) is 15.5 Å². The molecule has 0 aliphatic heterocycles. The van der Waals surface area contributed by atoms with Gasteiger partial charge in [0.2, 0.25) is 11.8 Å². The van der Waals surface area contributed by atoms with Gasteiger partial charge < -0.3 is 14.9 Å². The summed E-state index contributed by atoms with van der Waals surface area (Å²) in [5, 5.41) is 15.9. The lowest BCUT2D eigenvalue weighted by atomic mass is 9.85. The lowest BCUT2D eigenvalue weighted by Crippen LogP contribution is -2.44. The summed E-state index contributed by atoms with van der Waals surface area (Å²) < 4.78 is 5.11. The van der Waals surface area contributed by atoms with E-state index in [4.69, 9.17) is 9.63 Å². The van der Waals surface area contributed by atoms with E-state index >= 15 is 0 Å². The van der Waals surface area contributed by atoms with Gasteiger partial charge in [0.25, 0.3) is 0 Å². The number of aryl methyl sites for hydroxylation is 1. The molecular formula is C15H27N3O3. The maximum atomic E-state index is 12.0. The molecule has 2 N–H and O–H groups in total. The van der Waals surface area contributed by atoms with Crippen LogP contribution in [0.4, 0.5) is 0 Å². The Morgan fingerprint density at radius 3 is 2.52 bits per heavy atom. The van der Waals surface area contributed by atoms with Gasteiger partial charge in [0.05, 0.1) is 0 Å². The van der Waals surface area contributed by atoms with Crippen molar-refractivity contribution in [1.29, 1.82) is 0 Å². The number of carbonyl (C=O) groups is 1. The fraction of sp³-hybridized carbons (Fsp3) is 0.800. The largest absolute Gasteiger partial charge is 0.396 e. The second-order valence-electron chi connectivity index (χ2n) is 6.70. The molecule has 0 bridgehead atoms. The molecule has 0 aliphatic rings. The van der Waals surface area contributed by atoms with Crippen molar-refractivity contribution in [2.45, 2.75) is 65.8 Å². The third-order valence-electron chi connectivity index (χ3n) is 3.36. The molecular weight excluding hydrogens is 270 g/mol. The van der Waals surface area contributed by atoms with Gasteiger partial charge in [-0.2, -0.15) is 4.98 Å². The van der Waals surface area contributed by atoms with Crippen LogP contribution in [-0.2, 0) is 11.2 Å². The maximum Gasteiger partial charge on any atom is 0.227 e. The Balaban J connectivity index is 2.48. The van der Waals surface area contributed by atoms with Gasteiger partial charge in [-0.25, -0.2) is 0 Å². The number of amides is 1. The number of aliphatic hydroxyl groups is 1. The Bertz CT molecular complexity index is 449. The highest BCUT2D eigenvalue weighted by molar-refractivity contribution is 5.76. The molecule has 1 heterocycles. The Morgan fingerprint density at radius 2 is 2.05 bits per heavy atom. The normalized spacial score (nSPS) is 13.5. The number of aromatic nitrogens is 2. The van der Waals surface area contributed by atoms with Crippen LogP contribution >= 0.6 is 0 Å². The molecule has 1 atom stereocenters. The number of hydrogen-bond acceptors (Lipinski definition) is 5. The molecule has 0 saturated carbocycles. The zero-order chi connectivity index (χ0) is 16.0. The highest BCUT2D eigenvalue weighted by Crippen LogP contribution is 2.21. The highest BCUT2D eigenvalue weighted by Gasteiger charge is 2.25. The van der Waals surface area contributed by atoms with Crippen LogP contribution in [0, 0.1) is 5.41 Å². The van der Waals surface area contributed by atoms with Gasteiger partial charge in [-0.15, -0.1) is 0 Å². The van der Waals surface area contributed by atoms with Crippen LogP contribution in [0.25, 0.3) is 0 Å². The van der Waals surface area contributed by atoms with Crippen molar-refractivity contribution >= 4 is 5.91 Å². The van der Waals surface area contributed by atoms with Crippen molar-refractivity contribution in [3.05, 3.63) is 11.7 Å². The summed E-state index contributed by atoms with van der Waals surface area (Å²) in [6, 6.07) is -0.0519. The van der Waals surface area contributed by atoms with Gasteiger partial charge in [-0.3, -0.25) is 4.79 Å². The van der Waals surface area contributed by atoms with Crippen molar-refractivity contribution in [2.24, 2.45) is 5.41 Å². The van der Waals surface area contributed by atoms with Gasteiger partial charge in [0.15, 0.2) is 5.82 Å². The van der Waals surface area contributed by atoms with Crippen molar-refractivity contribution in [3.8, 4) is 0 Å². The average Bonchev–Trinajstić information content (AvgIpc) is 2.83. The first-order valence-electron chi connectivity index (χ1n) is 7.46. The van der Waals surface area contributed by atoms with Crippen LogP contribution in [0.5, 0.6) is 0 Å². The van der Waals surface area contributed by atoms with E-state index in [0.29, 0.717) is 31.0 Å². The maximum absolute atomic E-state index is 12.0. The summed E-state index contributed by atoms with van der Waals surface area (Å²) in [5.74, 6) is 1.31. The minimum atomic E-state index is -0.0896. The molecule has 0 aromatic carbocycles. The van der Waals surface area contributed by atoms with E-state index in [1.807, 2.05) is 34.6 Å². The molecule has 1 amide bonds. The minimum absolute atomic E-state index is 0.0519. The second kappa shape index (κ2) is 7.54. The Labute approximate surface area is 126 Å². The Morgan fingerprint density at radius 1 is 1.38 bits per heavy atom. The molecule has 1 unspecified atom stereocenters. The smallest absolute Gasteiger partial charge is 0.227 e. The third kappa shape index (κ3) is 5.83. The van der Waals surface area contributed by atoms with Crippen LogP contribution in [0.3, 0.4) is 0 Å². The van der Waals surface area contributed by atoms with E-state index in [0.717, 1.165) is 0 Å². The fourth-order valence-electron chi connectivity index (χ4n) is 1.94. The number of nitrogens with one attached hydrogen (secondary N) is 1. The van der Waals surface area contributed by atoms with E-state index in [-0.39, 0.29) is 29.9 Å². The Hall–Kier alpha value is -1.43. The number of hydrogen-bond donors (Lipinski definition) is 2. The molecule has 0 aliphatic carbocycles. The van der Waals surface area contributed by atoms with E-state index in [1.165, 1.54) is 0 Å². The number of nitrogens with zero attached hydrogens (tertiary/aromatic N) is 2. The monoisotopic (exact) mass is 297 g/mol. The summed E-state index contributed by atoms with van der Waals surface area (Å²) in [5.41, 5.74) is -0.0896. The average molecular weight is 297 g/mol. The van der Waals surface area contributed by atoms with Crippen molar-refractivity contribution in [3.63, 3.8) is 0 Å². The Kier molecular flexibility index (Phi) is 6.33. The lowest BCUT2D eigenvalue weighted by Gasteiger charge is -2.31. The summed E-state index contributed by atoms with van der Waals surface area (Å²) >= 11 is 0. The van der Waals surface area contributed by atoms with Gasteiger partial charge in [0.1, 0.15) is 0 Å². The SMILES string of the molecule is CC(C)c1noc(CCC(=O)NC(CCO)C(C)(C)C)n1. The van der Waals surface area contributed by atoms with E-state index in [1.54, 1.807) is 0 Å². The number of rotatable bonds is 7. The van der Waals surface area contributed by atoms with Gasteiger partial charge in [-0.1, -0.05) is 39.8 Å². The summed E-state index contributed by atoms with van der Waals surface area (Å²) in [6.45, 7) is 10.2. The van der Waals surface area contributed by atoms with Crippen molar-refractivity contribution in [2.75, 3.05) is 6.61 Å². The molecule has 0 spiro atoms. The van der Waals surface area contributed by atoms with Crippen LogP contribution in [0.1, 0.15) is 65.1 Å². The molecule has 1 rings (SSSR count). The van der Waals surface area contributed by atoms with Gasteiger partial charge in [-0.05, 0) is 11.8 Å². The van der Waals surface area contributed by atoms with Crippen LogP contribution in [0.2, 0.25) is 0 Å². The molecule has 6 heteroatoms. The molecule has 0 saturated heterocycles. The van der Waals surface area contributed by atoms with Crippen LogP contribution in [-0.4, -0.2) is 33.8 Å². The minimum Gasteiger partial charge on any atom is -0.396 e. The van der Waals surface area contributed by atoms with Crippen molar-refractivity contribution < 1.29 is 14.4 Å². The first-order chi connectivity index (χ1) is 9.74. The third-order valence-corrected chi connectivity index (χ3v) is 3.36. The van der Waals surface area contributed by atoms with Crippen molar-refractivity contribution in [1.82, 2.24) is 15.5 Å². The molecule has 1 aromatic heterocycles. The van der Waals surface area contributed by atoms with Crippen LogP contribution < -0.4 is 5.32 Å². The zero-order valence-electron chi connectivity index (χ0n) is 13.6. The molecule has 1 aromatic rings. The molecule has 0 fully saturated rings. The quantitative estimate of drug-likeness (QED) is 0.804. The first kappa shape index (κ1) is 17.6. The summed E-state index contributed by atoms with van der Waals surface area (Å²) in [6.07, 6.45) is 1.28. The highest BCUT2D eigenvalue weighted by atomic mass is 16.5. The molecule has 0 radical (unpaired) electrons. The van der Waals surface area contributed by atoms with Gasteiger partial charge in [0, 0.05) is 31.4 Å². The fourth-order valence-corrected chi connectivity index (χ4v) is 1.94. The topological polar surface area (TPSA) is 88.2 Å². The molecule has 6 nitrogen and oxygen atoms in total. The van der Waals surface area contributed by atoms with E-state index < -0.39 is 0 Å². The second-order valence-corrected chi connectivity index (χ2v) is 6.70. The summed E-state index contributed by atoms with van der Waals surface area (Å²) in [7, 11) is 0. The van der Waals surface area contributed by atoms with E-state index in [9.17, 15) is 4.79 Å². The lowest BCUT2D eigenvalue weighted by molar-refractivity contribution is -0.122. The van der Waals surface area contributed by atoms with Gasteiger partial charge >= 0.3 is 0 Å². The molecule has 21 heavy (non-hydrogen) atoms. The number of carbonyl (C=O) groups excluding carboxylic acids is 1. The molecule has 120 valence electrons. The van der Waals surface area contributed by atoms with Crippen LogP contribution in [0.15, 0.2) is 4.52 Å². The zero-order valence-corrected chi connectivity index (χ0v) is 13.6. The number of aliphatic hydroxyl groups excluding tert-OH is 1. The predicted molar refractivity (Wildman–Crippen MR) is 79.8 cm³/mol. The first-order valence-corrected chi connectivity index (χ1v) is 7.46. The standard InChI is InChI=1S/C15H27N3O3/c1-10(2)14-17-13(21-18-14)7-6-12(20)16-11(8-9-19)15(3,4)5/h10-11,19H,6-9H2,1-5H3,(H,16,20). The predicted octanol–water partition coefficient (Wildman–Crippen LogP) is 2.04. The summed E-state index contributed by atoms with van der Waals surface area (Å²) in [4.78, 5) is 16.3.